The lowest BCUT2D eigenvalue weighted by molar-refractivity contribution is -0.135. The van der Waals surface area contributed by atoms with Gasteiger partial charge >= 0.3 is 5.97 Å². The van der Waals surface area contributed by atoms with Gasteiger partial charge in [0.2, 0.25) is 0 Å². The number of fused-ring (bicyclic) bond motifs is 1. The van der Waals surface area contributed by atoms with Crippen LogP contribution in [0.15, 0.2) is 72.8 Å². The van der Waals surface area contributed by atoms with Gasteiger partial charge in [0, 0.05) is 0 Å². The molecule has 0 saturated carbocycles. The Hall–Kier alpha value is -3.64. The summed E-state index contributed by atoms with van der Waals surface area (Å²) in [5, 5.41) is 10.1. The number of aliphatic carboxylic acids is 1. The van der Waals surface area contributed by atoms with Crippen LogP contribution in [0.3, 0.4) is 0 Å². The number of hydrogen-bond acceptors (Lipinski definition) is 5. The molecule has 0 aliphatic heterocycles. The van der Waals surface area contributed by atoms with Gasteiger partial charge in [0.05, 0.1) is 23.7 Å². The number of aromatic nitrogens is 1. The zero-order chi connectivity index (χ0) is 21.6. The van der Waals surface area contributed by atoms with E-state index in [1.807, 2.05) is 78.9 Å². The van der Waals surface area contributed by atoms with Crippen LogP contribution in [0.2, 0.25) is 0 Å². The van der Waals surface area contributed by atoms with E-state index in [4.69, 9.17) is 9.47 Å². The highest BCUT2D eigenvalue weighted by Gasteiger charge is 2.14. The first-order valence-electron chi connectivity index (χ1n) is 9.75. The maximum absolute atomic E-state index is 11.5. The Morgan fingerprint density at radius 2 is 1.81 bits per heavy atom. The molecule has 0 bridgehead atoms. The van der Waals surface area contributed by atoms with Crippen LogP contribution in [0.4, 0.5) is 0 Å². The second kappa shape index (κ2) is 9.45. The van der Waals surface area contributed by atoms with E-state index in [-0.39, 0.29) is 6.42 Å². The van der Waals surface area contributed by atoms with E-state index in [0.29, 0.717) is 28.7 Å². The van der Waals surface area contributed by atoms with Gasteiger partial charge in [0.1, 0.15) is 11.6 Å². The van der Waals surface area contributed by atoms with Crippen molar-refractivity contribution in [3.05, 3.63) is 88.9 Å². The van der Waals surface area contributed by atoms with E-state index < -0.39 is 5.97 Å². The smallest absolute Gasteiger partial charge is 0.307 e. The number of nitrogens with zero attached hydrogens (tertiary/aromatic N) is 1. The Labute approximate surface area is 184 Å². The van der Waals surface area contributed by atoms with E-state index in [0.717, 1.165) is 21.3 Å². The topological polar surface area (TPSA) is 68.7 Å². The highest BCUT2D eigenvalue weighted by Crippen LogP contribution is 2.33. The zero-order valence-electron chi connectivity index (χ0n) is 16.9. The largest absolute Gasteiger partial charge is 0.493 e. The fourth-order valence-corrected chi connectivity index (χ4v) is 4.17. The van der Waals surface area contributed by atoms with Crippen LogP contribution in [0.1, 0.15) is 22.6 Å². The fraction of sp³-hybridized carbons (Fsp3) is 0.120. The Morgan fingerprint density at radius 1 is 1.03 bits per heavy atom. The minimum Gasteiger partial charge on any atom is -0.493 e. The van der Waals surface area contributed by atoms with Crippen molar-refractivity contribution in [3.8, 4) is 11.5 Å². The molecule has 0 atom stereocenters. The van der Waals surface area contributed by atoms with Crippen LogP contribution >= 0.6 is 11.3 Å². The lowest BCUT2D eigenvalue weighted by Gasteiger charge is -2.12. The van der Waals surface area contributed by atoms with E-state index in [1.165, 1.54) is 11.3 Å². The molecule has 0 aliphatic rings. The molecular formula is C25H21NO4S. The summed E-state index contributed by atoms with van der Waals surface area (Å²) in [5.41, 5.74) is 3.37. The normalized spacial score (nSPS) is 11.5. The molecule has 0 radical (unpaired) electrons. The lowest BCUT2D eigenvalue weighted by atomic mass is 10.1. The molecule has 0 amide bonds. The van der Waals surface area contributed by atoms with Gasteiger partial charge in [-0.3, -0.25) is 4.79 Å². The number of carboxylic acid groups (broad SMARTS) is 1. The van der Waals surface area contributed by atoms with Crippen molar-refractivity contribution in [3.63, 3.8) is 0 Å². The van der Waals surface area contributed by atoms with Crippen LogP contribution in [0.25, 0.3) is 21.9 Å². The minimum atomic E-state index is -0.903. The van der Waals surface area contributed by atoms with Gasteiger partial charge in [-0.15, -0.1) is 11.3 Å². The summed E-state index contributed by atoms with van der Waals surface area (Å²) in [7, 11) is 1.59. The van der Waals surface area contributed by atoms with Gasteiger partial charge in [-0.1, -0.05) is 48.5 Å². The van der Waals surface area contributed by atoms with Crippen LogP contribution in [0, 0.1) is 0 Å². The summed E-state index contributed by atoms with van der Waals surface area (Å²) in [6.07, 6.45) is 1.73. The Balaban J connectivity index is 1.67. The molecular weight excluding hydrogens is 410 g/mol. The molecule has 1 heterocycles. The van der Waals surface area contributed by atoms with Crippen LogP contribution in [-0.4, -0.2) is 23.2 Å². The van der Waals surface area contributed by atoms with E-state index in [2.05, 4.69) is 4.98 Å². The highest BCUT2D eigenvalue weighted by atomic mass is 32.1. The average molecular weight is 432 g/mol. The fourth-order valence-electron chi connectivity index (χ4n) is 3.19. The highest BCUT2D eigenvalue weighted by molar-refractivity contribution is 7.19. The summed E-state index contributed by atoms with van der Waals surface area (Å²) in [4.78, 5) is 16.1. The molecule has 6 heteroatoms. The van der Waals surface area contributed by atoms with Crippen molar-refractivity contribution in [2.24, 2.45) is 0 Å². The standard InChI is InChI=1S/C25H21NO4S/c1-29-21-12-11-18(14-22(21)30-16-17-7-3-2-4-8-17)13-19(15-24(27)28)25-26-20-9-5-6-10-23(20)31-25/h2-14H,15-16H2,1H3,(H,27,28). The lowest BCUT2D eigenvalue weighted by Crippen LogP contribution is -1.99. The summed E-state index contributed by atoms with van der Waals surface area (Å²) in [5.74, 6) is 0.312. The third-order valence-electron chi connectivity index (χ3n) is 4.68. The molecule has 4 aromatic rings. The van der Waals surface area contributed by atoms with Gasteiger partial charge in [-0.05, 0) is 47.0 Å². The number of ether oxygens (including phenoxy) is 2. The third-order valence-corrected chi connectivity index (χ3v) is 5.79. The van der Waals surface area contributed by atoms with E-state index in [9.17, 15) is 9.90 Å². The SMILES string of the molecule is COc1ccc(C=C(CC(=O)O)c2nc3ccccc3s2)cc1OCc1ccccc1. The van der Waals surface area contributed by atoms with Crippen LogP contribution in [-0.2, 0) is 11.4 Å². The second-order valence-electron chi connectivity index (χ2n) is 6.91. The first kappa shape index (κ1) is 20.6. The van der Waals surface area contributed by atoms with Crippen molar-refractivity contribution in [1.82, 2.24) is 4.98 Å². The number of thiazole rings is 1. The second-order valence-corrected chi connectivity index (χ2v) is 7.94. The Kier molecular flexibility index (Phi) is 6.29. The van der Waals surface area contributed by atoms with Gasteiger partial charge in [0.15, 0.2) is 11.5 Å². The minimum absolute atomic E-state index is 0.119. The van der Waals surface area contributed by atoms with Gasteiger partial charge < -0.3 is 14.6 Å². The number of carboxylic acids is 1. The molecule has 31 heavy (non-hydrogen) atoms. The summed E-state index contributed by atoms with van der Waals surface area (Å²) < 4.78 is 12.4. The predicted molar refractivity (Wildman–Crippen MR) is 124 cm³/mol. The molecule has 0 saturated heterocycles. The van der Waals surface area contributed by atoms with Crippen molar-refractivity contribution in [1.29, 1.82) is 0 Å². The molecule has 4 rings (SSSR count). The average Bonchev–Trinajstić information content (AvgIpc) is 3.22. The number of rotatable bonds is 8. The third kappa shape index (κ3) is 5.10. The number of hydrogen-bond donors (Lipinski definition) is 1. The summed E-state index contributed by atoms with van der Waals surface area (Å²) >= 11 is 1.49. The van der Waals surface area contributed by atoms with Crippen molar-refractivity contribution < 1.29 is 19.4 Å². The maximum Gasteiger partial charge on any atom is 0.307 e. The van der Waals surface area contributed by atoms with Crippen molar-refractivity contribution in [2.75, 3.05) is 7.11 Å². The van der Waals surface area contributed by atoms with Crippen LogP contribution < -0.4 is 9.47 Å². The van der Waals surface area contributed by atoms with Gasteiger partial charge in [0.25, 0.3) is 0 Å². The Morgan fingerprint density at radius 3 is 2.55 bits per heavy atom. The number of carbonyl (C=O) groups is 1. The molecule has 1 N–H and O–H groups in total. The summed E-state index contributed by atoms with van der Waals surface area (Å²) in [6.45, 7) is 0.407. The molecule has 0 spiro atoms. The number of methoxy groups -OCH3 is 1. The first-order valence-corrected chi connectivity index (χ1v) is 10.6. The van der Waals surface area contributed by atoms with Crippen molar-refractivity contribution in [2.45, 2.75) is 13.0 Å². The number of para-hydroxylation sites is 1. The molecule has 0 fully saturated rings. The van der Waals surface area contributed by atoms with Crippen molar-refractivity contribution >= 4 is 39.2 Å². The monoisotopic (exact) mass is 431 g/mol. The van der Waals surface area contributed by atoms with Crippen LogP contribution in [0.5, 0.6) is 11.5 Å². The number of benzene rings is 3. The molecule has 0 aliphatic carbocycles. The molecule has 1 aromatic heterocycles. The molecule has 0 unspecified atom stereocenters. The van der Waals surface area contributed by atoms with E-state index >= 15 is 0 Å². The molecule has 5 nitrogen and oxygen atoms in total. The first-order chi connectivity index (χ1) is 15.1. The summed E-state index contributed by atoms with van der Waals surface area (Å²) in [6, 6.07) is 23.2. The zero-order valence-corrected chi connectivity index (χ0v) is 17.8. The molecule has 156 valence electrons. The van der Waals surface area contributed by atoms with E-state index in [1.54, 1.807) is 7.11 Å². The van der Waals surface area contributed by atoms with Gasteiger partial charge in [-0.25, -0.2) is 4.98 Å². The van der Waals surface area contributed by atoms with Gasteiger partial charge in [-0.2, -0.15) is 0 Å². The Bertz CT molecular complexity index is 1200. The quantitative estimate of drug-likeness (QED) is 0.376. The maximum atomic E-state index is 11.5. The predicted octanol–water partition coefficient (Wildman–Crippen LogP) is 5.90. The molecule has 3 aromatic carbocycles.